The summed E-state index contributed by atoms with van der Waals surface area (Å²) in [5, 5.41) is 15.7. The number of hydrogen-bond acceptors (Lipinski definition) is 5. The van der Waals surface area contributed by atoms with Crippen molar-refractivity contribution in [2.45, 2.75) is 0 Å². The number of hydrogen-bond donors (Lipinski definition) is 2. The molecule has 2 N–H and O–H groups in total. The Morgan fingerprint density at radius 1 is 1.50 bits per heavy atom. The number of aliphatic hydroxyl groups is 1. The molecule has 0 atom stereocenters. The first-order valence-corrected chi connectivity index (χ1v) is 4.29. The molecule has 0 saturated carbocycles. The maximum absolute atomic E-state index is 8.59. The molecule has 14 heavy (non-hydrogen) atoms. The van der Waals surface area contributed by atoms with Crippen LogP contribution in [0.25, 0.3) is 11.0 Å². The molecule has 0 spiro atoms. The summed E-state index contributed by atoms with van der Waals surface area (Å²) in [7, 11) is 0. The summed E-state index contributed by atoms with van der Waals surface area (Å²) in [5.74, 6) is 0.322. The smallest absolute Gasteiger partial charge is 0.229 e. The number of H-pyrrole nitrogens is 1. The Hall–Kier alpha value is -1.40. The Kier molecular flexibility index (Phi) is 2.47. The lowest BCUT2D eigenvalue weighted by Gasteiger charge is -2.03. The summed E-state index contributed by atoms with van der Waals surface area (Å²) in [6, 6.07) is 0. The van der Waals surface area contributed by atoms with Gasteiger partial charge in [-0.1, -0.05) is 0 Å². The van der Waals surface area contributed by atoms with Gasteiger partial charge in [0.25, 0.3) is 0 Å². The van der Waals surface area contributed by atoms with E-state index in [-0.39, 0.29) is 18.5 Å². The summed E-state index contributed by atoms with van der Waals surface area (Å²) in [4.78, 5) is 7.77. The van der Waals surface area contributed by atoms with Crippen LogP contribution in [-0.4, -0.2) is 38.5 Å². The predicted octanol–water partition coefficient (Wildman–Crippen LogP) is 0.377. The highest BCUT2D eigenvalue weighted by Crippen LogP contribution is 2.21. The van der Waals surface area contributed by atoms with Crippen LogP contribution in [0.3, 0.4) is 0 Å². The number of nitrogens with zero attached hydrogens (tertiary/aromatic N) is 3. The molecule has 0 bridgehead atoms. The molecule has 0 unspecified atom stereocenters. The molecule has 0 saturated heterocycles. The number of rotatable bonds is 3. The molecule has 0 aliphatic heterocycles. The van der Waals surface area contributed by atoms with Crippen molar-refractivity contribution in [1.82, 2.24) is 20.2 Å². The van der Waals surface area contributed by atoms with Gasteiger partial charge in [-0.2, -0.15) is 15.1 Å². The summed E-state index contributed by atoms with van der Waals surface area (Å²) in [6.07, 6.45) is 1.54. The first kappa shape index (κ1) is 9.17. The second kappa shape index (κ2) is 3.77. The molecule has 0 amide bonds. The van der Waals surface area contributed by atoms with Crippen molar-refractivity contribution in [2.75, 3.05) is 13.2 Å². The molecule has 0 aromatic carbocycles. The van der Waals surface area contributed by atoms with Gasteiger partial charge in [0, 0.05) is 0 Å². The van der Waals surface area contributed by atoms with Gasteiger partial charge >= 0.3 is 0 Å². The molecule has 2 aromatic rings. The van der Waals surface area contributed by atoms with Crippen LogP contribution in [-0.2, 0) is 0 Å². The fraction of sp³-hybridized carbons (Fsp3) is 0.286. The lowest BCUT2D eigenvalue weighted by atomic mass is 10.4. The minimum Gasteiger partial charge on any atom is -0.475 e. The van der Waals surface area contributed by atoms with Gasteiger partial charge < -0.3 is 9.84 Å². The predicted molar refractivity (Wildman–Crippen MR) is 49.3 cm³/mol. The van der Waals surface area contributed by atoms with Crippen LogP contribution in [0, 0.1) is 0 Å². The van der Waals surface area contributed by atoms with Crippen molar-refractivity contribution in [3.05, 3.63) is 11.5 Å². The molecule has 7 heteroatoms. The topological polar surface area (TPSA) is 83.9 Å². The quantitative estimate of drug-likeness (QED) is 0.722. The van der Waals surface area contributed by atoms with Crippen molar-refractivity contribution in [3.8, 4) is 5.88 Å². The van der Waals surface area contributed by atoms with Gasteiger partial charge in [-0.25, -0.2) is 0 Å². The number of fused-ring (bicyclic) bond motifs is 1. The van der Waals surface area contributed by atoms with Gasteiger partial charge in [0.1, 0.15) is 12.0 Å². The van der Waals surface area contributed by atoms with E-state index in [1.807, 2.05) is 0 Å². The highest BCUT2D eigenvalue weighted by Gasteiger charge is 2.08. The van der Waals surface area contributed by atoms with Gasteiger partial charge in [0.2, 0.25) is 11.2 Å². The zero-order valence-corrected chi connectivity index (χ0v) is 7.82. The fourth-order valence-electron chi connectivity index (χ4n) is 1.03. The zero-order chi connectivity index (χ0) is 9.97. The van der Waals surface area contributed by atoms with Crippen LogP contribution in [0.15, 0.2) is 6.20 Å². The number of nitrogens with one attached hydrogen (secondary N) is 1. The van der Waals surface area contributed by atoms with Crippen molar-refractivity contribution < 1.29 is 9.84 Å². The number of aliphatic hydroxyl groups excluding tert-OH is 1. The summed E-state index contributed by atoms with van der Waals surface area (Å²) < 4.78 is 5.16. The van der Waals surface area contributed by atoms with E-state index in [0.717, 1.165) is 0 Å². The van der Waals surface area contributed by atoms with E-state index in [0.29, 0.717) is 16.9 Å². The molecule has 74 valence electrons. The van der Waals surface area contributed by atoms with E-state index in [1.54, 1.807) is 6.20 Å². The lowest BCUT2D eigenvalue weighted by molar-refractivity contribution is 0.198. The first-order valence-electron chi connectivity index (χ1n) is 3.91. The Bertz CT molecular complexity index is 444. The SMILES string of the molecule is OCCOc1nc(Cl)nc2[nH]ncc12. The Balaban J connectivity index is 2.44. The molecular weight excluding hydrogens is 208 g/mol. The lowest BCUT2D eigenvalue weighted by Crippen LogP contribution is -2.03. The minimum atomic E-state index is -0.0824. The van der Waals surface area contributed by atoms with Gasteiger partial charge in [0.15, 0.2) is 5.65 Å². The maximum Gasteiger partial charge on any atom is 0.229 e. The highest BCUT2D eigenvalue weighted by molar-refractivity contribution is 6.28. The molecule has 0 aliphatic rings. The average Bonchev–Trinajstić information content (AvgIpc) is 2.61. The first-order chi connectivity index (χ1) is 6.81. The Labute approximate surface area is 83.9 Å². The standard InChI is InChI=1S/C7H7ClN4O2/c8-7-10-5-4(3-9-12-5)6(11-7)14-2-1-13/h3,13H,1-2H2,(H,9,10,11,12). The molecule has 2 heterocycles. The van der Waals surface area contributed by atoms with Crippen LogP contribution >= 0.6 is 11.6 Å². The van der Waals surface area contributed by atoms with Crippen molar-refractivity contribution in [2.24, 2.45) is 0 Å². The fourth-order valence-corrected chi connectivity index (χ4v) is 1.20. The van der Waals surface area contributed by atoms with E-state index >= 15 is 0 Å². The molecule has 0 aliphatic carbocycles. The normalized spacial score (nSPS) is 10.7. The van der Waals surface area contributed by atoms with Crippen molar-refractivity contribution >= 4 is 22.6 Å². The van der Waals surface area contributed by atoms with E-state index in [4.69, 9.17) is 21.4 Å². The third kappa shape index (κ3) is 1.61. The van der Waals surface area contributed by atoms with Gasteiger partial charge in [-0.05, 0) is 11.6 Å². The number of aromatic amines is 1. The van der Waals surface area contributed by atoms with Crippen LogP contribution in [0.4, 0.5) is 0 Å². The van der Waals surface area contributed by atoms with Crippen LogP contribution in [0.5, 0.6) is 5.88 Å². The van der Waals surface area contributed by atoms with Crippen LogP contribution < -0.4 is 4.74 Å². The highest BCUT2D eigenvalue weighted by atomic mass is 35.5. The summed E-state index contributed by atoms with van der Waals surface area (Å²) >= 11 is 5.65. The molecule has 0 fully saturated rings. The molecule has 0 radical (unpaired) electrons. The van der Waals surface area contributed by atoms with Gasteiger partial charge in [-0.15, -0.1) is 0 Å². The zero-order valence-electron chi connectivity index (χ0n) is 7.07. The molecule has 2 rings (SSSR count). The van der Waals surface area contributed by atoms with E-state index in [1.165, 1.54) is 0 Å². The van der Waals surface area contributed by atoms with Crippen LogP contribution in [0.1, 0.15) is 0 Å². The van der Waals surface area contributed by atoms with Gasteiger partial charge in [-0.3, -0.25) is 5.10 Å². The molecular formula is C7H7ClN4O2. The van der Waals surface area contributed by atoms with Crippen molar-refractivity contribution in [1.29, 1.82) is 0 Å². The average molecular weight is 215 g/mol. The van der Waals surface area contributed by atoms with E-state index in [2.05, 4.69) is 20.2 Å². The summed E-state index contributed by atoms with van der Waals surface area (Å²) in [6.45, 7) is 0.0780. The molecule has 6 nitrogen and oxygen atoms in total. The largest absolute Gasteiger partial charge is 0.475 e. The second-order valence-corrected chi connectivity index (χ2v) is 2.84. The monoisotopic (exact) mass is 214 g/mol. The van der Waals surface area contributed by atoms with E-state index < -0.39 is 0 Å². The minimum absolute atomic E-state index is 0.0784. The number of halogens is 1. The van der Waals surface area contributed by atoms with Crippen molar-refractivity contribution in [3.63, 3.8) is 0 Å². The van der Waals surface area contributed by atoms with E-state index in [9.17, 15) is 0 Å². The Morgan fingerprint density at radius 2 is 2.36 bits per heavy atom. The number of aromatic nitrogens is 4. The number of ether oxygens (including phenoxy) is 1. The maximum atomic E-state index is 8.59. The second-order valence-electron chi connectivity index (χ2n) is 2.50. The Morgan fingerprint density at radius 3 is 3.14 bits per heavy atom. The molecule has 2 aromatic heterocycles. The van der Waals surface area contributed by atoms with Crippen LogP contribution in [0.2, 0.25) is 5.28 Å². The van der Waals surface area contributed by atoms with Gasteiger partial charge in [0.05, 0.1) is 12.8 Å². The third-order valence-electron chi connectivity index (χ3n) is 1.58. The third-order valence-corrected chi connectivity index (χ3v) is 1.75. The summed E-state index contributed by atoms with van der Waals surface area (Å²) in [5.41, 5.74) is 0.512.